The van der Waals surface area contributed by atoms with E-state index in [0.717, 1.165) is 45.3 Å². The minimum Gasteiger partial charge on any atom is -0.316 e. The Kier molecular flexibility index (Phi) is 7.28. The van der Waals surface area contributed by atoms with Crippen LogP contribution in [0.15, 0.2) is 53.4 Å². The highest BCUT2D eigenvalue weighted by Gasteiger charge is 2.40. The van der Waals surface area contributed by atoms with Crippen LogP contribution in [0.4, 0.5) is 5.00 Å². The van der Waals surface area contributed by atoms with Crippen molar-refractivity contribution in [3.63, 3.8) is 0 Å². The van der Waals surface area contributed by atoms with Gasteiger partial charge >= 0.3 is 0 Å². The summed E-state index contributed by atoms with van der Waals surface area (Å²) < 4.78 is 29.3. The second kappa shape index (κ2) is 10.6. The van der Waals surface area contributed by atoms with Gasteiger partial charge in [-0.15, -0.1) is 22.7 Å². The molecule has 2 aliphatic rings. The van der Waals surface area contributed by atoms with Gasteiger partial charge in [0, 0.05) is 41.1 Å². The fourth-order valence-corrected chi connectivity index (χ4v) is 9.55. The molecule has 2 aliphatic heterocycles. The van der Waals surface area contributed by atoms with Gasteiger partial charge in [0.15, 0.2) is 0 Å². The number of thiazole rings is 1. The Morgan fingerprint density at radius 1 is 1.10 bits per heavy atom. The van der Waals surface area contributed by atoms with Gasteiger partial charge in [-0.3, -0.25) is 9.69 Å². The summed E-state index contributed by atoms with van der Waals surface area (Å²) in [5.74, 6) is -0.299. The van der Waals surface area contributed by atoms with Crippen LogP contribution in [0.3, 0.4) is 0 Å². The van der Waals surface area contributed by atoms with Gasteiger partial charge in [-0.25, -0.2) is 13.4 Å². The number of fused-ring (bicyclic) bond motifs is 2. The first-order valence-corrected chi connectivity index (χ1v) is 16.5. The second-order valence-corrected chi connectivity index (χ2v) is 14.7. The quantitative estimate of drug-likeness (QED) is 0.283. The third kappa shape index (κ3) is 5.03. The van der Waals surface area contributed by atoms with Crippen LogP contribution >= 0.6 is 34.3 Å². The Morgan fingerprint density at radius 2 is 1.87 bits per heavy atom. The van der Waals surface area contributed by atoms with Crippen molar-refractivity contribution < 1.29 is 13.2 Å². The molecule has 2 aromatic carbocycles. The molecule has 4 heterocycles. The lowest BCUT2D eigenvalue weighted by atomic mass is 10.0. The molecular formula is C28H29ClN4O3S3. The Bertz CT molecular complexity index is 1610. The highest BCUT2D eigenvalue weighted by molar-refractivity contribution is 7.89. The van der Waals surface area contributed by atoms with Crippen molar-refractivity contribution in [3.05, 3.63) is 64.0 Å². The summed E-state index contributed by atoms with van der Waals surface area (Å²) in [6.07, 6.45) is 1.98. The fraction of sp³-hybridized carbons (Fsp3) is 0.357. The number of halogens is 1. The summed E-state index contributed by atoms with van der Waals surface area (Å²) >= 11 is 9.19. The van der Waals surface area contributed by atoms with Crippen molar-refractivity contribution in [1.82, 2.24) is 14.2 Å². The number of hydrogen-bond acceptors (Lipinski definition) is 7. The molecule has 204 valence electrons. The van der Waals surface area contributed by atoms with Gasteiger partial charge in [0.2, 0.25) is 15.9 Å². The first kappa shape index (κ1) is 26.9. The monoisotopic (exact) mass is 600 g/mol. The number of amides is 1. The molecule has 1 saturated heterocycles. The molecule has 6 rings (SSSR count). The van der Waals surface area contributed by atoms with Crippen molar-refractivity contribution in [2.45, 2.75) is 56.6 Å². The van der Waals surface area contributed by atoms with Crippen molar-refractivity contribution >= 4 is 65.4 Å². The Morgan fingerprint density at radius 3 is 2.62 bits per heavy atom. The van der Waals surface area contributed by atoms with Crippen LogP contribution < -0.4 is 5.32 Å². The average molecular weight is 601 g/mol. The number of rotatable bonds is 6. The van der Waals surface area contributed by atoms with E-state index in [2.05, 4.69) is 30.1 Å². The largest absolute Gasteiger partial charge is 0.316 e. The van der Waals surface area contributed by atoms with Gasteiger partial charge in [0.25, 0.3) is 0 Å². The van der Waals surface area contributed by atoms with Crippen molar-refractivity contribution in [1.29, 1.82) is 0 Å². The Balaban J connectivity index is 1.35. The molecule has 1 fully saturated rings. The van der Waals surface area contributed by atoms with E-state index >= 15 is 0 Å². The van der Waals surface area contributed by atoms with Crippen LogP contribution in [0.1, 0.15) is 37.1 Å². The molecule has 0 saturated carbocycles. The second-order valence-electron chi connectivity index (χ2n) is 10.2. The predicted molar refractivity (Wildman–Crippen MR) is 159 cm³/mol. The van der Waals surface area contributed by atoms with E-state index in [0.29, 0.717) is 30.5 Å². The normalized spacial score (nSPS) is 18.6. The van der Waals surface area contributed by atoms with E-state index in [-0.39, 0.29) is 10.8 Å². The number of carbonyl (C=O) groups excluding carboxylic acids is 1. The van der Waals surface area contributed by atoms with Crippen LogP contribution in [0.25, 0.3) is 20.8 Å². The predicted octanol–water partition coefficient (Wildman–Crippen LogP) is 6.24. The molecular weight excluding hydrogens is 572 g/mol. The van der Waals surface area contributed by atoms with Crippen molar-refractivity contribution in [2.24, 2.45) is 0 Å². The molecule has 1 unspecified atom stereocenters. The van der Waals surface area contributed by atoms with Gasteiger partial charge < -0.3 is 5.32 Å². The zero-order valence-corrected chi connectivity index (χ0v) is 24.9. The lowest BCUT2D eigenvalue weighted by Gasteiger charge is -2.30. The Hall–Kier alpha value is -2.34. The SMILES string of the molecule is CC(C)N1CCc2c(sc(NC(=O)C3CCCN3S(=O)(=O)c3ccc(Cl)cc3)c2-c2nc3ccccc3s2)C1. The summed E-state index contributed by atoms with van der Waals surface area (Å²) in [6.45, 7) is 6.48. The highest BCUT2D eigenvalue weighted by atomic mass is 35.5. The lowest BCUT2D eigenvalue weighted by Crippen LogP contribution is -2.43. The number of anilines is 1. The molecule has 7 nitrogen and oxygen atoms in total. The molecule has 0 radical (unpaired) electrons. The standard InChI is InChI=1S/C28H29ClN4O3S3/c1-17(2)32-15-13-20-24(16-32)38-28(25(20)27-30-21-6-3-4-8-23(21)37-27)31-26(34)22-7-5-14-33(22)39(35,36)19-11-9-18(29)10-12-19/h3-4,6,8-12,17,22H,5,7,13-16H2,1-2H3,(H,31,34). The topological polar surface area (TPSA) is 82.6 Å². The lowest BCUT2D eigenvalue weighted by molar-refractivity contribution is -0.119. The fourth-order valence-electron chi connectivity index (χ4n) is 5.38. The van der Waals surface area contributed by atoms with E-state index in [1.807, 2.05) is 18.2 Å². The molecule has 0 spiro atoms. The van der Waals surface area contributed by atoms with Crippen LogP contribution in [-0.4, -0.2) is 53.7 Å². The maximum Gasteiger partial charge on any atom is 0.243 e. The van der Waals surface area contributed by atoms with Gasteiger partial charge in [-0.05, 0) is 75.1 Å². The maximum atomic E-state index is 13.7. The number of nitrogens with zero attached hydrogens (tertiary/aromatic N) is 3. The van der Waals surface area contributed by atoms with Crippen molar-refractivity contribution in [3.8, 4) is 10.6 Å². The summed E-state index contributed by atoms with van der Waals surface area (Å²) in [7, 11) is -3.84. The van der Waals surface area contributed by atoms with Gasteiger partial charge in [-0.1, -0.05) is 23.7 Å². The zero-order chi connectivity index (χ0) is 27.3. The number of aromatic nitrogens is 1. The minimum atomic E-state index is -3.84. The van der Waals surface area contributed by atoms with Crippen LogP contribution in [0.2, 0.25) is 5.02 Å². The smallest absolute Gasteiger partial charge is 0.243 e. The first-order chi connectivity index (χ1) is 18.7. The maximum absolute atomic E-state index is 13.7. The summed E-state index contributed by atoms with van der Waals surface area (Å²) in [4.78, 5) is 22.5. The number of thiophene rings is 1. The third-order valence-corrected chi connectivity index (χ3v) is 11.8. The number of benzene rings is 2. The zero-order valence-electron chi connectivity index (χ0n) is 21.7. The van der Waals surface area contributed by atoms with Crippen LogP contribution in [-0.2, 0) is 27.8 Å². The summed E-state index contributed by atoms with van der Waals surface area (Å²) in [5, 5.41) is 5.27. The summed E-state index contributed by atoms with van der Waals surface area (Å²) in [6, 6.07) is 13.8. The molecule has 0 aliphatic carbocycles. The van der Waals surface area contributed by atoms with Gasteiger partial charge in [-0.2, -0.15) is 4.31 Å². The number of hydrogen-bond donors (Lipinski definition) is 1. The number of para-hydroxylation sites is 1. The van der Waals surface area contributed by atoms with Crippen LogP contribution in [0.5, 0.6) is 0 Å². The molecule has 11 heteroatoms. The van der Waals surface area contributed by atoms with E-state index in [1.54, 1.807) is 34.8 Å². The Labute approximate surface area is 241 Å². The van der Waals surface area contributed by atoms with E-state index in [4.69, 9.17) is 16.6 Å². The summed E-state index contributed by atoms with van der Waals surface area (Å²) in [5.41, 5.74) is 3.16. The van der Waals surface area contributed by atoms with E-state index in [9.17, 15) is 13.2 Å². The molecule has 1 N–H and O–H groups in total. The number of sulfonamides is 1. The number of nitrogens with one attached hydrogen (secondary N) is 1. The average Bonchev–Trinajstić information content (AvgIpc) is 3.64. The van der Waals surface area contributed by atoms with Crippen molar-refractivity contribution in [2.75, 3.05) is 18.4 Å². The molecule has 4 aromatic rings. The van der Waals surface area contributed by atoms with E-state index < -0.39 is 16.1 Å². The third-order valence-electron chi connectivity index (χ3n) is 7.49. The van der Waals surface area contributed by atoms with Gasteiger partial charge in [0.05, 0.1) is 15.1 Å². The van der Waals surface area contributed by atoms with Gasteiger partial charge in [0.1, 0.15) is 16.1 Å². The first-order valence-electron chi connectivity index (χ1n) is 13.0. The molecule has 1 atom stereocenters. The highest BCUT2D eigenvalue weighted by Crippen LogP contribution is 2.46. The molecule has 2 aromatic heterocycles. The molecule has 39 heavy (non-hydrogen) atoms. The van der Waals surface area contributed by atoms with E-state index in [1.165, 1.54) is 26.9 Å². The van der Waals surface area contributed by atoms with Crippen LogP contribution in [0, 0.1) is 0 Å². The number of carbonyl (C=O) groups is 1. The minimum absolute atomic E-state index is 0.141. The molecule has 0 bridgehead atoms. The molecule has 1 amide bonds.